The van der Waals surface area contributed by atoms with E-state index in [1.807, 2.05) is 0 Å². The molecule has 0 unspecified atom stereocenters. The Morgan fingerprint density at radius 3 is 2.31 bits per heavy atom. The minimum absolute atomic E-state index is 0.0548. The maximum absolute atomic E-state index is 10.7. The van der Waals surface area contributed by atoms with Crippen LogP contribution in [-0.2, 0) is 9.53 Å². The Hall–Kier alpha value is -0.570. The SMILES string of the molecule is CC(=O)N[C@H]1C[C@H](OC(C)(C)C)C1. The molecule has 1 aliphatic carbocycles. The standard InChI is InChI=1S/C10H19NO2/c1-7(12)11-8-5-9(6-8)13-10(2,3)4/h8-9H,5-6H2,1-4H3,(H,11,12)/t8-,9-. The zero-order chi connectivity index (χ0) is 10.1. The Morgan fingerprint density at radius 1 is 1.38 bits per heavy atom. The van der Waals surface area contributed by atoms with Gasteiger partial charge < -0.3 is 10.1 Å². The number of amides is 1. The topological polar surface area (TPSA) is 38.3 Å². The van der Waals surface area contributed by atoms with Crippen molar-refractivity contribution < 1.29 is 9.53 Å². The summed E-state index contributed by atoms with van der Waals surface area (Å²) in [5.74, 6) is 0.0548. The second-order valence-corrected chi connectivity index (χ2v) is 4.72. The number of carbonyl (C=O) groups excluding carboxylic acids is 1. The Balaban J connectivity index is 2.15. The third-order valence-corrected chi connectivity index (χ3v) is 2.02. The van der Waals surface area contributed by atoms with E-state index in [1.165, 1.54) is 0 Å². The molecule has 0 bridgehead atoms. The number of hydrogen-bond acceptors (Lipinski definition) is 2. The highest BCUT2D eigenvalue weighted by molar-refractivity contribution is 5.73. The lowest BCUT2D eigenvalue weighted by atomic mass is 9.88. The van der Waals surface area contributed by atoms with Gasteiger partial charge in [0.15, 0.2) is 0 Å². The molecule has 3 heteroatoms. The van der Waals surface area contributed by atoms with Gasteiger partial charge in [0.05, 0.1) is 11.7 Å². The van der Waals surface area contributed by atoms with Crippen LogP contribution in [0.2, 0.25) is 0 Å². The summed E-state index contributed by atoms with van der Waals surface area (Å²) in [6.07, 6.45) is 2.24. The van der Waals surface area contributed by atoms with Crippen LogP contribution >= 0.6 is 0 Å². The van der Waals surface area contributed by atoms with Gasteiger partial charge in [-0.1, -0.05) is 0 Å². The maximum atomic E-state index is 10.7. The molecule has 1 fully saturated rings. The molecule has 0 aromatic rings. The monoisotopic (exact) mass is 185 g/mol. The fourth-order valence-corrected chi connectivity index (χ4v) is 1.57. The quantitative estimate of drug-likeness (QED) is 0.707. The number of nitrogens with one attached hydrogen (secondary N) is 1. The van der Waals surface area contributed by atoms with Crippen molar-refractivity contribution in [2.75, 3.05) is 0 Å². The molecule has 1 N–H and O–H groups in total. The molecule has 76 valence electrons. The second kappa shape index (κ2) is 3.66. The van der Waals surface area contributed by atoms with E-state index >= 15 is 0 Å². The number of hydrogen-bond donors (Lipinski definition) is 1. The highest BCUT2D eigenvalue weighted by atomic mass is 16.5. The van der Waals surface area contributed by atoms with E-state index in [9.17, 15) is 4.79 Å². The van der Waals surface area contributed by atoms with Crippen LogP contribution in [0.1, 0.15) is 40.5 Å². The lowest BCUT2D eigenvalue weighted by Crippen LogP contribution is -2.49. The largest absolute Gasteiger partial charge is 0.372 e. The summed E-state index contributed by atoms with van der Waals surface area (Å²) in [6.45, 7) is 7.72. The minimum Gasteiger partial charge on any atom is -0.372 e. The van der Waals surface area contributed by atoms with Gasteiger partial charge in [0.1, 0.15) is 0 Å². The zero-order valence-electron chi connectivity index (χ0n) is 8.89. The van der Waals surface area contributed by atoms with Crippen molar-refractivity contribution in [1.82, 2.24) is 5.32 Å². The second-order valence-electron chi connectivity index (χ2n) is 4.72. The van der Waals surface area contributed by atoms with Gasteiger partial charge in [-0.15, -0.1) is 0 Å². The normalized spacial score (nSPS) is 28.0. The Labute approximate surface area is 79.8 Å². The van der Waals surface area contributed by atoms with Crippen LogP contribution in [0.5, 0.6) is 0 Å². The Bertz CT molecular complexity index is 190. The molecule has 1 rings (SSSR count). The predicted octanol–water partition coefficient (Wildman–Crippen LogP) is 1.47. The summed E-state index contributed by atoms with van der Waals surface area (Å²) in [7, 11) is 0. The zero-order valence-corrected chi connectivity index (χ0v) is 8.89. The van der Waals surface area contributed by atoms with Crippen molar-refractivity contribution in [3.63, 3.8) is 0 Å². The third-order valence-electron chi connectivity index (χ3n) is 2.02. The molecule has 0 aromatic heterocycles. The van der Waals surface area contributed by atoms with Crippen molar-refractivity contribution in [3.05, 3.63) is 0 Å². The molecule has 0 aromatic carbocycles. The number of carbonyl (C=O) groups is 1. The minimum atomic E-state index is -0.0636. The molecule has 13 heavy (non-hydrogen) atoms. The predicted molar refractivity (Wildman–Crippen MR) is 51.5 cm³/mol. The molecule has 0 saturated heterocycles. The van der Waals surface area contributed by atoms with Crippen LogP contribution in [0.4, 0.5) is 0 Å². The van der Waals surface area contributed by atoms with Gasteiger partial charge in [-0.25, -0.2) is 0 Å². The molecule has 0 heterocycles. The molecule has 0 spiro atoms. The van der Waals surface area contributed by atoms with E-state index in [-0.39, 0.29) is 11.5 Å². The van der Waals surface area contributed by atoms with Gasteiger partial charge in [0.25, 0.3) is 0 Å². The van der Waals surface area contributed by atoms with Crippen LogP contribution in [-0.4, -0.2) is 23.7 Å². The molecule has 3 nitrogen and oxygen atoms in total. The molecule has 1 amide bonds. The van der Waals surface area contributed by atoms with Crippen molar-refractivity contribution in [2.45, 2.75) is 58.3 Å². The highest BCUT2D eigenvalue weighted by Gasteiger charge is 2.33. The summed E-state index contributed by atoms with van der Waals surface area (Å²) < 4.78 is 5.73. The van der Waals surface area contributed by atoms with E-state index in [0.29, 0.717) is 12.1 Å². The van der Waals surface area contributed by atoms with Gasteiger partial charge in [0.2, 0.25) is 5.91 Å². The molecular weight excluding hydrogens is 166 g/mol. The first-order valence-corrected chi connectivity index (χ1v) is 4.82. The average Bonchev–Trinajstić information content (AvgIpc) is 1.78. The number of ether oxygens (including phenoxy) is 1. The summed E-state index contributed by atoms with van der Waals surface area (Å²) in [5, 5.41) is 2.88. The summed E-state index contributed by atoms with van der Waals surface area (Å²) in [5.41, 5.74) is -0.0636. The van der Waals surface area contributed by atoms with E-state index < -0.39 is 0 Å². The van der Waals surface area contributed by atoms with Gasteiger partial charge in [0, 0.05) is 13.0 Å². The Kier molecular flexibility index (Phi) is 2.96. The van der Waals surface area contributed by atoms with E-state index in [4.69, 9.17) is 4.74 Å². The van der Waals surface area contributed by atoms with Gasteiger partial charge >= 0.3 is 0 Å². The van der Waals surface area contributed by atoms with E-state index in [2.05, 4.69) is 26.1 Å². The Morgan fingerprint density at radius 2 is 1.92 bits per heavy atom. The summed E-state index contributed by atoms with van der Waals surface area (Å²) in [6, 6.07) is 0.338. The van der Waals surface area contributed by atoms with Crippen LogP contribution in [0.15, 0.2) is 0 Å². The van der Waals surface area contributed by atoms with Crippen LogP contribution in [0.25, 0.3) is 0 Å². The number of rotatable bonds is 2. The van der Waals surface area contributed by atoms with E-state index in [1.54, 1.807) is 6.92 Å². The molecule has 0 aliphatic heterocycles. The van der Waals surface area contributed by atoms with Crippen LogP contribution in [0.3, 0.4) is 0 Å². The first-order chi connectivity index (χ1) is 5.87. The lowest BCUT2D eigenvalue weighted by Gasteiger charge is -2.39. The smallest absolute Gasteiger partial charge is 0.217 e. The lowest BCUT2D eigenvalue weighted by molar-refractivity contribution is -0.125. The average molecular weight is 185 g/mol. The first-order valence-electron chi connectivity index (χ1n) is 4.82. The fraction of sp³-hybridized carbons (Fsp3) is 0.900. The van der Waals surface area contributed by atoms with Gasteiger partial charge in [-0.05, 0) is 33.6 Å². The van der Waals surface area contributed by atoms with Crippen molar-refractivity contribution in [2.24, 2.45) is 0 Å². The molecule has 0 atom stereocenters. The highest BCUT2D eigenvalue weighted by Crippen LogP contribution is 2.27. The van der Waals surface area contributed by atoms with Gasteiger partial charge in [-0.2, -0.15) is 0 Å². The summed E-state index contributed by atoms with van der Waals surface area (Å²) in [4.78, 5) is 10.7. The van der Waals surface area contributed by atoms with Crippen molar-refractivity contribution in [3.8, 4) is 0 Å². The first kappa shape index (κ1) is 10.5. The van der Waals surface area contributed by atoms with Crippen molar-refractivity contribution >= 4 is 5.91 Å². The van der Waals surface area contributed by atoms with Crippen LogP contribution in [0, 0.1) is 0 Å². The van der Waals surface area contributed by atoms with Crippen LogP contribution < -0.4 is 5.32 Å². The van der Waals surface area contributed by atoms with Gasteiger partial charge in [-0.3, -0.25) is 4.79 Å². The molecule has 0 radical (unpaired) electrons. The maximum Gasteiger partial charge on any atom is 0.217 e. The molecule has 1 saturated carbocycles. The summed E-state index contributed by atoms with van der Waals surface area (Å²) >= 11 is 0. The van der Waals surface area contributed by atoms with E-state index in [0.717, 1.165) is 12.8 Å². The molecular formula is C10H19NO2. The molecule has 1 aliphatic rings. The fourth-order valence-electron chi connectivity index (χ4n) is 1.57. The van der Waals surface area contributed by atoms with Crippen molar-refractivity contribution in [1.29, 1.82) is 0 Å². The third kappa shape index (κ3) is 3.77.